The fourth-order valence-electron chi connectivity index (χ4n) is 2.56. The third-order valence-corrected chi connectivity index (χ3v) is 4.02. The van der Waals surface area contributed by atoms with Gasteiger partial charge in [-0.05, 0) is 32.3 Å². The van der Waals surface area contributed by atoms with Gasteiger partial charge in [0, 0.05) is 25.3 Å². The maximum absolute atomic E-state index is 14.1. The summed E-state index contributed by atoms with van der Waals surface area (Å²) in [6.45, 7) is 0.438. The number of likely N-dealkylation sites (N-methyl/N-ethyl adjacent to an activating group) is 1. The average molecular weight is 380 g/mol. The highest BCUT2D eigenvalue weighted by molar-refractivity contribution is 5.92. The zero-order valence-electron chi connectivity index (χ0n) is 15.4. The second kappa shape index (κ2) is 9.33. The van der Waals surface area contributed by atoms with E-state index in [1.54, 1.807) is 19.0 Å². The normalized spacial score (nSPS) is 12.2. The van der Waals surface area contributed by atoms with Crippen molar-refractivity contribution in [2.45, 2.75) is 12.6 Å². The van der Waals surface area contributed by atoms with Crippen molar-refractivity contribution in [1.29, 1.82) is 0 Å². The van der Waals surface area contributed by atoms with Gasteiger partial charge in [-0.3, -0.25) is 9.59 Å². The molecule has 1 unspecified atom stereocenters. The molecule has 0 aliphatic heterocycles. The molecule has 0 aliphatic rings. The molecule has 2 aromatic rings. The Hall–Kier alpha value is -2.65. The molecule has 2 rings (SSSR count). The van der Waals surface area contributed by atoms with Gasteiger partial charge in [-0.15, -0.1) is 0 Å². The third-order valence-electron chi connectivity index (χ3n) is 4.02. The van der Waals surface area contributed by atoms with Gasteiger partial charge in [-0.2, -0.15) is 5.10 Å². The highest BCUT2D eigenvalue weighted by atomic mass is 19.1. The lowest BCUT2D eigenvalue weighted by Gasteiger charge is -2.25. The predicted molar refractivity (Wildman–Crippen MR) is 95.5 cm³/mol. The number of halogens is 2. The topological polar surface area (TPSA) is 76.5 Å². The second-order valence-electron chi connectivity index (χ2n) is 6.10. The molecule has 0 aliphatic carbocycles. The van der Waals surface area contributed by atoms with Gasteiger partial charge in [-0.1, -0.05) is 6.07 Å². The largest absolute Gasteiger partial charge is 0.383 e. The molecule has 0 saturated carbocycles. The number of nitrogens with zero attached hydrogens (tertiary/aromatic N) is 3. The first kappa shape index (κ1) is 20.7. The summed E-state index contributed by atoms with van der Waals surface area (Å²) in [5.41, 5.74) is -0.457. The lowest BCUT2D eigenvalue weighted by atomic mass is 10.0. The maximum Gasteiger partial charge on any atom is 0.271 e. The standard InChI is InChI=1S/C18H22F2N4O3/c1-23(2)15(17-12(19)5-4-6-13(17)20)11-21-18(26)14-7-8-16(25)24(22-14)9-10-27-3/h4-8,15H,9-11H2,1-3H3,(H,21,26). The number of hydrogen-bond donors (Lipinski definition) is 1. The number of carbonyl (C=O) groups is 1. The van der Waals surface area contributed by atoms with Crippen LogP contribution in [0.4, 0.5) is 8.78 Å². The summed E-state index contributed by atoms with van der Waals surface area (Å²) in [4.78, 5) is 25.7. The summed E-state index contributed by atoms with van der Waals surface area (Å²) in [6, 6.07) is 5.45. The average Bonchev–Trinajstić information content (AvgIpc) is 2.62. The predicted octanol–water partition coefficient (Wildman–Crippen LogP) is 1.20. The zero-order chi connectivity index (χ0) is 20.0. The summed E-state index contributed by atoms with van der Waals surface area (Å²) in [7, 11) is 4.81. The molecule has 7 nitrogen and oxygen atoms in total. The van der Waals surface area contributed by atoms with E-state index in [4.69, 9.17) is 4.74 Å². The first-order chi connectivity index (χ1) is 12.8. The number of nitrogens with one attached hydrogen (secondary N) is 1. The number of ether oxygens (including phenoxy) is 1. The van der Waals surface area contributed by atoms with Gasteiger partial charge in [0.1, 0.15) is 17.3 Å². The Morgan fingerprint density at radius 2 is 1.93 bits per heavy atom. The van der Waals surface area contributed by atoms with E-state index >= 15 is 0 Å². The second-order valence-corrected chi connectivity index (χ2v) is 6.10. The Morgan fingerprint density at radius 1 is 1.26 bits per heavy atom. The number of rotatable bonds is 8. The Bertz CT molecular complexity index is 834. The van der Waals surface area contributed by atoms with Crippen LogP contribution < -0.4 is 10.9 Å². The van der Waals surface area contributed by atoms with Crippen LogP contribution in [0.3, 0.4) is 0 Å². The van der Waals surface area contributed by atoms with Gasteiger partial charge >= 0.3 is 0 Å². The van der Waals surface area contributed by atoms with Crippen LogP contribution in [0.5, 0.6) is 0 Å². The molecule has 1 aromatic carbocycles. The number of hydrogen-bond acceptors (Lipinski definition) is 5. The number of amides is 1. The smallest absolute Gasteiger partial charge is 0.271 e. The van der Waals surface area contributed by atoms with Gasteiger partial charge in [0.15, 0.2) is 0 Å². The van der Waals surface area contributed by atoms with Crippen LogP contribution in [0.25, 0.3) is 0 Å². The number of carbonyl (C=O) groups excluding carboxylic acids is 1. The SMILES string of the molecule is COCCn1nc(C(=O)NCC(c2c(F)cccc2F)N(C)C)ccc1=O. The van der Waals surface area contributed by atoms with Crippen molar-refractivity contribution < 1.29 is 18.3 Å². The van der Waals surface area contributed by atoms with Crippen molar-refractivity contribution >= 4 is 5.91 Å². The van der Waals surface area contributed by atoms with Gasteiger partial charge in [0.2, 0.25) is 0 Å². The molecular formula is C18H22F2N4O3. The third kappa shape index (κ3) is 5.18. The van der Waals surface area contributed by atoms with Crippen LogP contribution in [0.2, 0.25) is 0 Å². The van der Waals surface area contributed by atoms with Crippen LogP contribution in [0.1, 0.15) is 22.1 Å². The van der Waals surface area contributed by atoms with Crippen molar-refractivity contribution in [1.82, 2.24) is 20.0 Å². The van der Waals surface area contributed by atoms with Gasteiger partial charge < -0.3 is 15.0 Å². The number of methoxy groups -OCH3 is 1. The molecule has 0 spiro atoms. The van der Waals surface area contributed by atoms with E-state index in [0.29, 0.717) is 0 Å². The molecule has 1 heterocycles. The highest BCUT2D eigenvalue weighted by Gasteiger charge is 2.23. The summed E-state index contributed by atoms with van der Waals surface area (Å²) >= 11 is 0. The highest BCUT2D eigenvalue weighted by Crippen LogP contribution is 2.23. The van der Waals surface area contributed by atoms with E-state index in [1.807, 2.05) is 0 Å². The molecule has 146 valence electrons. The van der Waals surface area contributed by atoms with E-state index in [0.717, 1.165) is 4.68 Å². The van der Waals surface area contributed by atoms with E-state index in [-0.39, 0.29) is 36.5 Å². The van der Waals surface area contributed by atoms with Crippen molar-refractivity contribution in [3.05, 3.63) is 63.6 Å². The minimum Gasteiger partial charge on any atom is -0.383 e. The van der Waals surface area contributed by atoms with Crippen molar-refractivity contribution in [2.75, 3.05) is 34.4 Å². The molecule has 1 N–H and O–H groups in total. The van der Waals surface area contributed by atoms with E-state index < -0.39 is 23.6 Å². The fourth-order valence-corrected chi connectivity index (χ4v) is 2.56. The molecule has 9 heteroatoms. The van der Waals surface area contributed by atoms with Gasteiger partial charge in [0.05, 0.1) is 19.2 Å². The van der Waals surface area contributed by atoms with Crippen LogP contribution in [-0.2, 0) is 11.3 Å². The van der Waals surface area contributed by atoms with E-state index in [9.17, 15) is 18.4 Å². The van der Waals surface area contributed by atoms with Crippen LogP contribution in [0.15, 0.2) is 35.1 Å². The molecular weight excluding hydrogens is 358 g/mol. The molecule has 0 saturated heterocycles. The Balaban J connectivity index is 2.16. The van der Waals surface area contributed by atoms with E-state index in [2.05, 4.69) is 10.4 Å². The van der Waals surface area contributed by atoms with Gasteiger partial charge in [-0.25, -0.2) is 13.5 Å². The van der Waals surface area contributed by atoms with Crippen LogP contribution in [-0.4, -0.2) is 54.9 Å². The van der Waals surface area contributed by atoms with Gasteiger partial charge in [0.25, 0.3) is 11.5 Å². The van der Waals surface area contributed by atoms with Crippen molar-refractivity contribution in [2.24, 2.45) is 0 Å². The Labute approximate surface area is 155 Å². The summed E-state index contributed by atoms with van der Waals surface area (Å²) in [5, 5.41) is 6.60. The summed E-state index contributed by atoms with van der Waals surface area (Å²) in [6.07, 6.45) is 0. The minimum atomic E-state index is -0.713. The number of aromatic nitrogens is 2. The van der Waals surface area contributed by atoms with Crippen LogP contribution >= 0.6 is 0 Å². The summed E-state index contributed by atoms with van der Waals surface area (Å²) in [5.74, 6) is -1.92. The quantitative estimate of drug-likeness (QED) is 0.745. The molecule has 0 bridgehead atoms. The Kier molecular flexibility index (Phi) is 7.14. The molecule has 0 fully saturated rings. The maximum atomic E-state index is 14.1. The lowest BCUT2D eigenvalue weighted by Crippen LogP contribution is -2.37. The van der Waals surface area contributed by atoms with Crippen LogP contribution in [0, 0.1) is 11.6 Å². The first-order valence-corrected chi connectivity index (χ1v) is 8.30. The zero-order valence-corrected chi connectivity index (χ0v) is 15.4. The summed E-state index contributed by atoms with van der Waals surface area (Å²) < 4.78 is 34.2. The minimum absolute atomic E-state index is 0.0252. The molecule has 1 aromatic heterocycles. The molecule has 1 amide bonds. The first-order valence-electron chi connectivity index (χ1n) is 8.30. The fraction of sp³-hybridized carbons (Fsp3) is 0.389. The molecule has 27 heavy (non-hydrogen) atoms. The lowest BCUT2D eigenvalue weighted by molar-refractivity contribution is 0.0932. The molecule has 0 radical (unpaired) electrons. The van der Waals surface area contributed by atoms with Crippen molar-refractivity contribution in [3.8, 4) is 0 Å². The molecule has 1 atom stereocenters. The number of benzene rings is 1. The Morgan fingerprint density at radius 3 is 2.52 bits per heavy atom. The van der Waals surface area contributed by atoms with Crippen molar-refractivity contribution in [3.63, 3.8) is 0 Å². The van der Waals surface area contributed by atoms with E-state index in [1.165, 1.54) is 37.4 Å². The monoisotopic (exact) mass is 380 g/mol.